The van der Waals surface area contributed by atoms with Crippen LogP contribution in [0.5, 0.6) is 5.75 Å². The van der Waals surface area contributed by atoms with Gasteiger partial charge >= 0.3 is 10.1 Å². The lowest BCUT2D eigenvalue weighted by Crippen LogP contribution is -2.13. The molecule has 0 aliphatic heterocycles. The van der Waals surface area contributed by atoms with Crippen molar-refractivity contribution >= 4 is 62.6 Å². The molecule has 0 spiro atoms. The summed E-state index contributed by atoms with van der Waals surface area (Å²) in [6.07, 6.45) is 1.31. The topological polar surface area (TPSA) is 96.3 Å². The Hall–Kier alpha value is -3.02. The highest BCUT2D eigenvalue weighted by atomic mass is 35.5. The molecule has 6 nitrogen and oxygen atoms in total. The van der Waals surface area contributed by atoms with Crippen molar-refractivity contribution in [2.24, 2.45) is 0 Å². The maximum absolute atomic E-state index is 12.4. The molecule has 10 heteroatoms. The normalized spacial score (nSPS) is 11.5. The van der Waals surface area contributed by atoms with Crippen molar-refractivity contribution in [1.29, 1.82) is 5.26 Å². The van der Waals surface area contributed by atoms with E-state index in [2.05, 4.69) is 5.32 Å². The molecular formula is C22H13Cl3N2O4S. The Labute approximate surface area is 199 Å². The Morgan fingerprint density at radius 2 is 1.69 bits per heavy atom. The Bertz CT molecular complexity index is 1350. The van der Waals surface area contributed by atoms with Gasteiger partial charge in [-0.15, -0.1) is 0 Å². The number of nitrogens with zero attached hydrogens (tertiary/aromatic N) is 1. The molecule has 1 amide bonds. The van der Waals surface area contributed by atoms with Crippen LogP contribution >= 0.6 is 34.8 Å². The molecule has 0 heterocycles. The van der Waals surface area contributed by atoms with Crippen LogP contribution in [0.25, 0.3) is 6.08 Å². The molecule has 3 aromatic carbocycles. The van der Waals surface area contributed by atoms with Crippen LogP contribution in [-0.4, -0.2) is 14.3 Å². The van der Waals surface area contributed by atoms with Crippen molar-refractivity contribution in [3.63, 3.8) is 0 Å². The molecule has 0 radical (unpaired) electrons. The van der Waals surface area contributed by atoms with Crippen LogP contribution in [0.3, 0.4) is 0 Å². The molecule has 1 N–H and O–H groups in total. The van der Waals surface area contributed by atoms with Crippen LogP contribution in [0, 0.1) is 11.3 Å². The maximum Gasteiger partial charge on any atom is 0.339 e. The van der Waals surface area contributed by atoms with Crippen molar-refractivity contribution in [1.82, 2.24) is 0 Å². The first-order chi connectivity index (χ1) is 15.2. The average molecular weight is 508 g/mol. The molecule has 0 aliphatic carbocycles. The fourth-order valence-electron chi connectivity index (χ4n) is 2.52. The Balaban J connectivity index is 1.80. The van der Waals surface area contributed by atoms with Crippen molar-refractivity contribution in [3.05, 3.63) is 92.9 Å². The van der Waals surface area contributed by atoms with Gasteiger partial charge in [0, 0.05) is 15.7 Å². The first-order valence-electron chi connectivity index (χ1n) is 8.86. The Kier molecular flexibility index (Phi) is 7.44. The predicted octanol–water partition coefficient (Wildman–Crippen LogP) is 5.96. The molecule has 0 unspecified atom stereocenters. The van der Waals surface area contributed by atoms with Crippen LogP contribution in [0.15, 0.2) is 77.2 Å². The lowest BCUT2D eigenvalue weighted by Gasteiger charge is -2.09. The molecule has 0 aliphatic rings. The minimum absolute atomic E-state index is 0.0242. The summed E-state index contributed by atoms with van der Waals surface area (Å²) in [5.41, 5.74) is 0.630. The smallest absolute Gasteiger partial charge is 0.339 e. The number of hydrogen-bond donors (Lipinski definition) is 1. The van der Waals surface area contributed by atoms with E-state index in [1.54, 1.807) is 24.3 Å². The van der Waals surface area contributed by atoms with Gasteiger partial charge in [0.2, 0.25) is 0 Å². The molecule has 0 saturated carbocycles. The molecule has 0 fully saturated rings. The highest BCUT2D eigenvalue weighted by Crippen LogP contribution is 2.29. The minimum atomic E-state index is -4.13. The number of benzene rings is 3. The van der Waals surface area contributed by atoms with Crippen LogP contribution in [0.1, 0.15) is 5.56 Å². The number of hydrogen-bond acceptors (Lipinski definition) is 5. The largest absolute Gasteiger partial charge is 0.377 e. The zero-order valence-corrected chi connectivity index (χ0v) is 19.1. The SMILES string of the molecule is N#C/C(=C\c1ccc(OS(=O)(=O)c2ccc(Cl)cc2)c(Cl)c1)C(=O)Nc1cccc(Cl)c1. The third kappa shape index (κ3) is 6.02. The number of anilines is 1. The van der Waals surface area contributed by atoms with Gasteiger partial charge in [0.1, 0.15) is 16.5 Å². The summed E-state index contributed by atoms with van der Waals surface area (Å²) >= 11 is 17.8. The number of carbonyl (C=O) groups excluding carboxylic acids is 1. The third-order valence-electron chi connectivity index (χ3n) is 4.02. The number of amides is 1. The Morgan fingerprint density at radius 3 is 2.31 bits per heavy atom. The van der Waals surface area contributed by atoms with Gasteiger partial charge < -0.3 is 9.50 Å². The minimum Gasteiger partial charge on any atom is -0.377 e. The molecule has 0 bridgehead atoms. The molecular weight excluding hydrogens is 495 g/mol. The van der Waals surface area contributed by atoms with Crippen LogP contribution in [0.2, 0.25) is 15.1 Å². The van der Waals surface area contributed by atoms with E-state index in [1.807, 2.05) is 6.07 Å². The predicted molar refractivity (Wildman–Crippen MR) is 124 cm³/mol. The second-order valence-electron chi connectivity index (χ2n) is 6.32. The Morgan fingerprint density at radius 1 is 0.969 bits per heavy atom. The molecule has 0 saturated heterocycles. The van der Waals surface area contributed by atoms with E-state index in [4.69, 9.17) is 39.0 Å². The van der Waals surface area contributed by atoms with E-state index in [-0.39, 0.29) is 21.2 Å². The second-order valence-corrected chi connectivity index (χ2v) is 9.14. The zero-order chi connectivity index (χ0) is 23.3. The summed E-state index contributed by atoms with van der Waals surface area (Å²) in [5, 5.41) is 12.7. The molecule has 0 aromatic heterocycles. The number of rotatable bonds is 6. The van der Waals surface area contributed by atoms with Crippen LogP contribution < -0.4 is 9.50 Å². The number of halogens is 3. The molecule has 0 atom stereocenters. The van der Waals surface area contributed by atoms with Gasteiger partial charge in [0.15, 0.2) is 5.75 Å². The van der Waals surface area contributed by atoms with Gasteiger partial charge in [-0.2, -0.15) is 13.7 Å². The van der Waals surface area contributed by atoms with Crippen molar-refractivity contribution in [3.8, 4) is 11.8 Å². The van der Waals surface area contributed by atoms with Gasteiger partial charge in [-0.3, -0.25) is 4.79 Å². The van der Waals surface area contributed by atoms with Gasteiger partial charge in [-0.05, 0) is 66.2 Å². The van der Waals surface area contributed by atoms with E-state index in [0.29, 0.717) is 21.3 Å². The van der Waals surface area contributed by atoms with Gasteiger partial charge in [-0.25, -0.2) is 0 Å². The molecule has 162 valence electrons. The first kappa shape index (κ1) is 23.6. The fourth-order valence-corrected chi connectivity index (χ4v) is 4.06. The molecule has 3 rings (SSSR count). The van der Waals surface area contributed by atoms with Gasteiger partial charge in [-0.1, -0.05) is 46.9 Å². The van der Waals surface area contributed by atoms with E-state index in [9.17, 15) is 18.5 Å². The fraction of sp³-hybridized carbons (Fsp3) is 0. The van der Waals surface area contributed by atoms with E-state index in [0.717, 1.165) is 0 Å². The standard InChI is InChI=1S/C22H13Cl3N2O4S/c23-16-5-7-19(8-6-16)32(29,30)31-21-9-4-14(11-20(21)25)10-15(13-26)22(28)27-18-3-1-2-17(24)12-18/h1-12H,(H,27,28)/b15-10+. The highest BCUT2D eigenvalue weighted by molar-refractivity contribution is 7.87. The first-order valence-corrected chi connectivity index (χ1v) is 11.4. The third-order valence-corrected chi connectivity index (χ3v) is 6.05. The van der Waals surface area contributed by atoms with Crippen LogP contribution in [0.4, 0.5) is 5.69 Å². The number of nitriles is 1. The zero-order valence-electron chi connectivity index (χ0n) is 16.1. The van der Waals surface area contributed by atoms with Gasteiger partial charge in [0.25, 0.3) is 5.91 Å². The van der Waals surface area contributed by atoms with Crippen molar-refractivity contribution < 1.29 is 17.4 Å². The monoisotopic (exact) mass is 506 g/mol. The van der Waals surface area contributed by atoms with Crippen LogP contribution in [-0.2, 0) is 14.9 Å². The summed E-state index contributed by atoms with van der Waals surface area (Å²) in [5.74, 6) is -0.753. The molecule has 3 aromatic rings. The highest BCUT2D eigenvalue weighted by Gasteiger charge is 2.18. The number of carbonyl (C=O) groups is 1. The van der Waals surface area contributed by atoms with Crippen molar-refractivity contribution in [2.75, 3.05) is 5.32 Å². The summed E-state index contributed by atoms with van der Waals surface area (Å²) in [7, 11) is -4.13. The van der Waals surface area contributed by atoms with Crippen molar-refractivity contribution in [2.45, 2.75) is 4.90 Å². The quantitative estimate of drug-likeness (QED) is 0.252. The maximum atomic E-state index is 12.4. The summed E-state index contributed by atoms with van der Waals surface area (Å²) in [4.78, 5) is 12.3. The summed E-state index contributed by atoms with van der Waals surface area (Å²) < 4.78 is 29.9. The average Bonchev–Trinajstić information content (AvgIpc) is 2.74. The van der Waals surface area contributed by atoms with E-state index in [1.165, 1.54) is 48.5 Å². The summed E-state index contributed by atoms with van der Waals surface area (Å²) in [6.45, 7) is 0. The summed E-state index contributed by atoms with van der Waals surface area (Å²) in [6, 6.07) is 17.9. The molecule has 32 heavy (non-hydrogen) atoms. The second kappa shape index (κ2) is 10.1. The number of nitrogens with one attached hydrogen (secondary N) is 1. The van der Waals surface area contributed by atoms with E-state index < -0.39 is 16.0 Å². The van der Waals surface area contributed by atoms with Gasteiger partial charge in [0.05, 0.1) is 5.02 Å². The lowest BCUT2D eigenvalue weighted by atomic mass is 10.1. The van der Waals surface area contributed by atoms with E-state index >= 15 is 0 Å². The lowest BCUT2D eigenvalue weighted by molar-refractivity contribution is -0.112.